The van der Waals surface area contributed by atoms with Crippen LogP contribution in [0.5, 0.6) is 0 Å². The van der Waals surface area contributed by atoms with Crippen molar-refractivity contribution in [1.82, 2.24) is 9.97 Å². The van der Waals surface area contributed by atoms with Gasteiger partial charge in [-0.3, -0.25) is 14.4 Å². The van der Waals surface area contributed by atoms with E-state index in [1.54, 1.807) is 18.3 Å². The lowest BCUT2D eigenvalue weighted by Gasteiger charge is -2.27. The third-order valence-corrected chi connectivity index (χ3v) is 6.96. The number of hydrogen-bond acceptors (Lipinski definition) is 11. The summed E-state index contributed by atoms with van der Waals surface area (Å²) in [6.07, 6.45) is 2.80. The minimum Gasteiger partial charge on any atom is -0.481 e. The second kappa shape index (κ2) is 13.8. The SMILES string of the molecule is CCCC(=O)O.NCC(=O)Cc1ccnc(Nc2ccc(-c3csc4c(=O)cc(N5CCOCC5)oc34)cc2)n1. The average molecular weight is 566 g/mol. The molecule has 11 nitrogen and oxygen atoms in total. The van der Waals surface area contributed by atoms with Crippen molar-refractivity contribution >= 4 is 50.9 Å². The van der Waals surface area contributed by atoms with E-state index in [4.69, 9.17) is 20.0 Å². The molecule has 0 atom stereocenters. The van der Waals surface area contributed by atoms with Crippen LogP contribution in [0, 0.1) is 0 Å². The van der Waals surface area contributed by atoms with E-state index in [0.29, 0.717) is 60.5 Å². The molecule has 12 heteroatoms. The molecule has 40 heavy (non-hydrogen) atoms. The van der Waals surface area contributed by atoms with E-state index in [9.17, 15) is 14.4 Å². The number of Topliss-reactive ketones (excluding diaryl/α,β-unsaturated/α-hetero) is 1. The third-order valence-electron chi connectivity index (χ3n) is 5.99. The lowest BCUT2D eigenvalue weighted by atomic mass is 10.1. The molecule has 0 amide bonds. The summed E-state index contributed by atoms with van der Waals surface area (Å²) < 4.78 is 12.2. The van der Waals surface area contributed by atoms with E-state index < -0.39 is 5.97 Å². The first kappa shape index (κ1) is 28.9. The zero-order chi connectivity index (χ0) is 28.5. The first-order valence-corrected chi connectivity index (χ1v) is 13.8. The third kappa shape index (κ3) is 7.50. The van der Waals surface area contributed by atoms with Crippen molar-refractivity contribution in [3.63, 3.8) is 0 Å². The molecule has 5 rings (SSSR count). The van der Waals surface area contributed by atoms with Gasteiger partial charge in [-0.15, -0.1) is 11.3 Å². The number of thiophene rings is 1. The number of nitrogens with two attached hydrogens (primary N) is 1. The number of nitrogens with zero attached hydrogens (tertiary/aromatic N) is 3. The number of ketones is 1. The fourth-order valence-electron chi connectivity index (χ4n) is 3.97. The number of ether oxygens (including phenoxy) is 1. The Kier molecular flexibility index (Phi) is 9.95. The van der Waals surface area contributed by atoms with Crippen molar-refractivity contribution < 1.29 is 23.8 Å². The highest BCUT2D eigenvalue weighted by molar-refractivity contribution is 7.17. The number of hydrogen-bond donors (Lipinski definition) is 3. The van der Waals surface area contributed by atoms with Crippen molar-refractivity contribution in [2.75, 3.05) is 43.1 Å². The normalized spacial score (nSPS) is 13.0. The minimum atomic E-state index is -0.711. The molecule has 3 aromatic heterocycles. The number of carboxylic acids is 1. The van der Waals surface area contributed by atoms with E-state index in [0.717, 1.165) is 23.2 Å². The van der Waals surface area contributed by atoms with E-state index in [-0.39, 0.29) is 24.2 Å². The number of carboxylic acid groups (broad SMARTS) is 1. The van der Waals surface area contributed by atoms with Crippen molar-refractivity contribution in [3.8, 4) is 11.1 Å². The van der Waals surface area contributed by atoms with Crippen molar-refractivity contribution in [3.05, 3.63) is 63.9 Å². The molecule has 0 aliphatic carbocycles. The Morgan fingerprint density at radius 2 is 1.93 bits per heavy atom. The smallest absolute Gasteiger partial charge is 0.303 e. The van der Waals surface area contributed by atoms with Crippen LogP contribution in [0.1, 0.15) is 25.5 Å². The summed E-state index contributed by atoms with van der Waals surface area (Å²) in [7, 11) is 0. The number of fused-ring (bicyclic) bond motifs is 1. The maximum absolute atomic E-state index is 12.7. The number of morpholine rings is 1. The Balaban J connectivity index is 0.000000557. The van der Waals surface area contributed by atoms with Crippen LogP contribution in [0.15, 0.2) is 57.2 Å². The first-order chi connectivity index (χ1) is 19.4. The maximum Gasteiger partial charge on any atom is 0.303 e. The minimum absolute atomic E-state index is 0.0143. The Bertz CT molecular complexity index is 1510. The van der Waals surface area contributed by atoms with Gasteiger partial charge in [0.2, 0.25) is 11.4 Å². The molecule has 4 aromatic rings. The van der Waals surface area contributed by atoms with Gasteiger partial charge in [-0.05, 0) is 30.2 Å². The fraction of sp³-hybridized carbons (Fsp3) is 0.321. The van der Waals surface area contributed by atoms with Crippen LogP contribution in [0.3, 0.4) is 0 Å². The number of rotatable bonds is 9. The van der Waals surface area contributed by atoms with Gasteiger partial charge in [0, 0.05) is 48.4 Å². The first-order valence-electron chi connectivity index (χ1n) is 12.9. The molecule has 4 heterocycles. The van der Waals surface area contributed by atoms with Crippen LogP contribution in [-0.4, -0.2) is 59.7 Å². The summed E-state index contributed by atoms with van der Waals surface area (Å²) in [6, 6.07) is 11.0. The largest absolute Gasteiger partial charge is 0.481 e. The van der Waals surface area contributed by atoms with Crippen LogP contribution in [0.2, 0.25) is 0 Å². The fourth-order valence-corrected chi connectivity index (χ4v) is 4.89. The Labute approximate surface area is 234 Å². The number of benzene rings is 1. The molecule has 1 aliphatic rings. The molecule has 1 fully saturated rings. The lowest BCUT2D eigenvalue weighted by molar-refractivity contribution is -0.137. The number of anilines is 3. The predicted octanol–water partition coefficient (Wildman–Crippen LogP) is 3.83. The van der Waals surface area contributed by atoms with Crippen molar-refractivity contribution in [1.29, 1.82) is 0 Å². The second-order valence-corrected chi connectivity index (χ2v) is 9.87. The van der Waals surface area contributed by atoms with E-state index in [1.165, 1.54) is 11.3 Å². The highest BCUT2D eigenvalue weighted by Gasteiger charge is 2.18. The maximum atomic E-state index is 12.7. The van der Waals surface area contributed by atoms with Gasteiger partial charge < -0.3 is 30.2 Å². The van der Waals surface area contributed by atoms with Crippen LogP contribution in [0.25, 0.3) is 21.4 Å². The van der Waals surface area contributed by atoms with Gasteiger partial charge in [0.1, 0.15) is 4.70 Å². The van der Waals surface area contributed by atoms with E-state index >= 15 is 0 Å². The van der Waals surface area contributed by atoms with Gasteiger partial charge in [-0.1, -0.05) is 19.1 Å². The van der Waals surface area contributed by atoms with Crippen molar-refractivity contribution in [2.45, 2.75) is 26.2 Å². The summed E-state index contributed by atoms with van der Waals surface area (Å²) in [5.41, 5.74) is 9.15. The molecule has 0 spiro atoms. The molecule has 4 N–H and O–H groups in total. The molecule has 0 bridgehead atoms. The topological polar surface area (TPSA) is 161 Å². The zero-order valence-electron chi connectivity index (χ0n) is 22.1. The number of aromatic nitrogens is 2. The van der Waals surface area contributed by atoms with E-state index in [1.807, 2.05) is 41.5 Å². The zero-order valence-corrected chi connectivity index (χ0v) is 22.9. The quantitative estimate of drug-likeness (QED) is 0.270. The number of carbonyl (C=O) groups is 2. The summed E-state index contributed by atoms with van der Waals surface area (Å²) in [5, 5.41) is 13.0. The molecule has 1 saturated heterocycles. The van der Waals surface area contributed by atoms with Crippen molar-refractivity contribution in [2.24, 2.45) is 5.73 Å². The van der Waals surface area contributed by atoms with E-state index in [2.05, 4.69) is 15.3 Å². The van der Waals surface area contributed by atoms with Gasteiger partial charge in [0.15, 0.2) is 17.3 Å². The highest BCUT2D eigenvalue weighted by atomic mass is 32.1. The number of nitrogens with one attached hydrogen (secondary N) is 1. The molecular formula is C28H31N5O6S. The Morgan fingerprint density at radius 3 is 2.58 bits per heavy atom. The van der Waals surface area contributed by atoms with Crippen LogP contribution in [0.4, 0.5) is 17.5 Å². The van der Waals surface area contributed by atoms with Gasteiger partial charge in [0.25, 0.3) is 0 Å². The molecule has 1 aromatic carbocycles. The molecular weight excluding hydrogens is 534 g/mol. The summed E-state index contributed by atoms with van der Waals surface area (Å²) in [5.74, 6) is 0.180. The summed E-state index contributed by atoms with van der Waals surface area (Å²) in [4.78, 5) is 44.5. The van der Waals surface area contributed by atoms with Crippen LogP contribution < -0.4 is 21.4 Å². The average Bonchev–Trinajstić information content (AvgIpc) is 3.39. The molecule has 210 valence electrons. The molecule has 0 unspecified atom stereocenters. The second-order valence-electron chi connectivity index (χ2n) is 8.99. The lowest BCUT2D eigenvalue weighted by Crippen LogP contribution is -2.36. The molecule has 0 saturated carbocycles. The predicted molar refractivity (Wildman–Crippen MR) is 154 cm³/mol. The Morgan fingerprint density at radius 1 is 1.18 bits per heavy atom. The van der Waals surface area contributed by atoms with Crippen LogP contribution >= 0.6 is 11.3 Å². The number of aliphatic carboxylic acids is 1. The molecule has 1 aliphatic heterocycles. The summed E-state index contributed by atoms with van der Waals surface area (Å²) in [6.45, 7) is 4.44. The summed E-state index contributed by atoms with van der Waals surface area (Å²) >= 11 is 1.38. The standard InChI is InChI=1S/C24H23N5O4S.C4H8O2/c25-13-18(30)11-17-5-6-26-24(28-17)27-16-3-1-15(2-4-16)19-14-34-23-20(31)12-21(33-22(19)23)29-7-9-32-10-8-29;1-2-3-4(5)6/h1-6,12,14H,7-11,13,25H2,(H,26,27,28);2-3H2,1H3,(H,5,6). The highest BCUT2D eigenvalue weighted by Crippen LogP contribution is 2.35. The molecule has 0 radical (unpaired) electrons. The monoisotopic (exact) mass is 565 g/mol. The van der Waals surface area contributed by atoms with Gasteiger partial charge in [-0.2, -0.15) is 0 Å². The Hall–Kier alpha value is -4.13. The van der Waals surface area contributed by atoms with Crippen LogP contribution in [-0.2, 0) is 20.7 Å². The van der Waals surface area contributed by atoms with Gasteiger partial charge in [-0.25, -0.2) is 9.97 Å². The van der Waals surface area contributed by atoms with Gasteiger partial charge in [0.05, 0.1) is 31.9 Å². The van der Waals surface area contributed by atoms with Gasteiger partial charge >= 0.3 is 5.97 Å². The number of carbonyl (C=O) groups excluding carboxylic acids is 1.